The summed E-state index contributed by atoms with van der Waals surface area (Å²) in [6, 6.07) is 4.55. The first-order chi connectivity index (χ1) is 9.77. The van der Waals surface area contributed by atoms with Crippen LogP contribution in [0.5, 0.6) is 0 Å². The Balaban J connectivity index is 2.17. The molecule has 1 heterocycles. The predicted molar refractivity (Wildman–Crippen MR) is 78.4 cm³/mol. The molecule has 0 fully saturated rings. The molecule has 1 N–H and O–H groups in total. The van der Waals surface area contributed by atoms with Crippen molar-refractivity contribution >= 4 is 37.5 Å². The minimum Gasteiger partial charge on any atom is -0.379 e. The summed E-state index contributed by atoms with van der Waals surface area (Å²) in [4.78, 5) is 4.13. The highest BCUT2D eigenvalue weighted by Gasteiger charge is 2.34. The molecule has 8 heteroatoms. The zero-order chi connectivity index (χ0) is 15.6. The van der Waals surface area contributed by atoms with E-state index in [0.29, 0.717) is 10.2 Å². The number of benzene rings is 1. The highest BCUT2D eigenvalue weighted by molar-refractivity contribution is 9.11. The van der Waals surface area contributed by atoms with Crippen molar-refractivity contribution < 1.29 is 17.6 Å². The number of alkyl halides is 3. The molecule has 2 aromatic rings. The molecule has 21 heavy (non-hydrogen) atoms. The van der Waals surface area contributed by atoms with Gasteiger partial charge in [0.2, 0.25) is 0 Å². The number of hydrogen-bond donors (Lipinski definition) is 1. The second kappa shape index (κ2) is 6.31. The second-order valence-corrected chi connectivity index (χ2v) is 5.90. The van der Waals surface area contributed by atoms with Gasteiger partial charge in [-0.3, -0.25) is 4.98 Å². The summed E-state index contributed by atoms with van der Waals surface area (Å²) in [6.07, 6.45) is -3.15. The van der Waals surface area contributed by atoms with Crippen molar-refractivity contribution in [2.45, 2.75) is 12.7 Å². The van der Waals surface area contributed by atoms with Crippen molar-refractivity contribution in [3.63, 3.8) is 0 Å². The van der Waals surface area contributed by atoms with Gasteiger partial charge in [0, 0.05) is 20.8 Å². The van der Waals surface area contributed by atoms with E-state index >= 15 is 0 Å². The predicted octanol–water partition coefficient (Wildman–Crippen LogP) is 5.38. The number of nitrogens with zero attached hydrogens (tertiary/aromatic N) is 1. The first kappa shape index (κ1) is 16.2. The van der Waals surface area contributed by atoms with Gasteiger partial charge in [0.25, 0.3) is 0 Å². The van der Waals surface area contributed by atoms with Crippen LogP contribution in [0.4, 0.5) is 23.2 Å². The van der Waals surface area contributed by atoms with E-state index in [-0.39, 0.29) is 12.2 Å². The summed E-state index contributed by atoms with van der Waals surface area (Å²) in [5.41, 5.74) is -0.508. The van der Waals surface area contributed by atoms with E-state index in [1.54, 1.807) is 12.3 Å². The van der Waals surface area contributed by atoms with Crippen LogP contribution in [-0.4, -0.2) is 4.98 Å². The minimum absolute atomic E-state index is 0.167. The number of pyridine rings is 1. The van der Waals surface area contributed by atoms with Gasteiger partial charge < -0.3 is 5.32 Å². The lowest BCUT2D eigenvalue weighted by Crippen LogP contribution is -2.10. The standard InChI is InChI=1S/C13H8Br2F4N2/c14-7-3-10(15)12(21-5-7)6-20-8-1-2-11(16)9(4-8)13(17,18)19/h1-5,20H,6H2. The number of anilines is 1. The van der Waals surface area contributed by atoms with E-state index in [9.17, 15) is 17.6 Å². The van der Waals surface area contributed by atoms with Crippen LogP contribution in [-0.2, 0) is 12.7 Å². The Labute approximate surface area is 134 Å². The van der Waals surface area contributed by atoms with Crippen molar-refractivity contribution in [2.75, 3.05) is 5.32 Å². The number of nitrogens with one attached hydrogen (secondary N) is 1. The highest BCUT2D eigenvalue weighted by Crippen LogP contribution is 2.33. The highest BCUT2D eigenvalue weighted by atomic mass is 79.9. The van der Waals surface area contributed by atoms with Crippen LogP contribution in [0.15, 0.2) is 39.4 Å². The molecule has 2 rings (SSSR count). The van der Waals surface area contributed by atoms with Crippen LogP contribution in [0.2, 0.25) is 0 Å². The Bertz CT molecular complexity index is 659. The van der Waals surface area contributed by atoms with Gasteiger partial charge in [-0.25, -0.2) is 4.39 Å². The monoisotopic (exact) mass is 426 g/mol. The van der Waals surface area contributed by atoms with E-state index in [1.807, 2.05) is 0 Å². The molecule has 2 nitrogen and oxygen atoms in total. The summed E-state index contributed by atoms with van der Waals surface area (Å²) in [5.74, 6) is -1.30. The molecule has 0 spiro atoms. The van der Waals surface area contributed by atoms with Crippen LogP contribution in [0, 0.1) is 5.82 Å². The van der Waals surface area contributed by atoms with Crippen LogP contribution in [0.1, 0.15) is 11.3 Å². The van der Waals surface area contributed by atoms with Crippen LogP contribution < -0.4 is 5.32 Å². The maximum Gasteiger partial charge on any atom is 0.419 e. The van der Waals surface area contributed by atoms with E-state index < -0.39 is 17.6 Å². The summed E-state index contributed by atoms with van der Waals surface area (Å²) in [5, 5.41) is 2.79. The van der Waals surface area contributed by atoms with Gasteiger partial charge in [-0.15, -0.1) is 0 Å². The number of aromatic nitrogens is 1. The molecule has 0 saturated heterocycles. The third kappa shape index (κ3) is 4.16. The molecule has 0 atom stereocenters. The molecule has 0 unspecified atom stereocenters. The normalized spacial score (nSPS) is 11.5. The van der Waals surface area contributed by atoms with Crippen LogP contribution in [0.25, 0.3) is 0 Å². The molecule has 1 aromatic heterocycles. The molecule has 0 aliphatic heterocycles. The van der Waals surface area contributed by atoms with Crippen molar-refractivity contribution in [2.24, 2.45) is 0 Å². The Morgan fingerprint density at radius 3 is 2.48 bits per heavy atom. The molecule has 0 bridgehead atoms. The number of rotatable bonds is 3. The Hall–Kier alpha value is -1.15. The van der Waals surface area contributed by atoms with Gasteiger partial charge in [0.1, 0.15) is 5.82 Å². The van der Waals surface area contributed by atoms with Crippen molar-refractivity contribution in [3.8, 4) is 0 Å². The van der Waals surface area contributed by atoms with Crippen molar-refractivity contribution in [1.29, 1.82) is 0 Å². The van der Waals surface area contributed by atoms with E-state index in [4.69, 9.17) is 0 Å². The second-order valence-electron chi connectivity index (χ2n) is 4.13. The van der Waals surface area contributed by atoms with Gasteiger partial charge in [-0.2, -0.15) is 13.2 Å². The summed E-state index contributed by atoms with van der Waals surface area (Å²) in [7, 11) is 0. The Morgan fingerprint density at radius 1 is 1.14 bits per heavy atom. The van der Waals surface area contributed by atoms with E-state index in [0.717, 1.165) is 16.6 Å². The topological polar surface area (TPSA) is 24.9 Å². The summed E-state index contributed by atoms with van der Waals surface area (Å²) in [6.45, 7) is 0.205. The molecule has 0 aliphatic carbocycles. The van der Waals surface area contributed by atoms with Gasteiger partial charge in [-0.1, -0.05) is 0 Å². The lowest BCUT2D eigenvalue weighted by atomic mass is 10.1. The molecular weight excluding hydrogens is 420 g/mol. The first-order valence-corrected chi connectivity index (χ1v) is 7.26. The fourth-order valence-corrected chi connectivity index (χ4v) is 2.74. The third-order valence-corrected chi connectivity index (χ3v) is 3.74. The maximum absolute atomic E-state index is 13.2. The van der Waals surface area contributed by atoms with Gasteiger partial charge in [-0.05, 0) is 56.1 Å². The molecular formula is C13H8Br2F4N2. The fourth-order valence-electron chi connectivity index (χ4n) is 1.61. The van der Waals surface area contributed by atoms with Gasteiger partial charge in [0.15, 0.2) is 0 Å². The number of halogens is 6. The largest absolute Gasteiger partial charge is 0.419 e. The first-order valence-electron chi connectivity index (χ1n) is 5.68. The lowest BCUT2D eigenvalue weighted by molar-refractivity contribution is -0.139. The smallest absolute Gasteiger partial charge is 0.379 e. The molecule has 0 aliphatic rings. The Kier molecular flexibility index (Phi) is 4.88. The van der Waals surface area contributed by atoms with E-state index in [1.165, 1.54) is 6.07 Å². The number of hydrogen-bond acceptors (Lipinski definition) is 2. The average Bonchev–Trinajstić information content (AvgIpc) is 2.38. The molecule has 0 radical (unpaired) electrons. The molecule has 1 aromatic carbocycles. The fraction of sp³-hybridized carbons (Fsp3) is 0.154. The quantitative estimate of drug-likeness (QED) is 0.665. The summed E-state index contributed by atoms with van der Waals surface area (Å²) >= 11 is 6.56. The third-order valence-electron chi connectivity index (χ3n) is 2.62. The van der Waals surface area contributed by atoms with Gasteiger partial charge >= 0.3 is 6.18 Å². The summed E-state index contributed by atoms with van der Waals surface area (Å²) < 4.78 is 52.5. The lowest BCUT2D eigenvalue weighted by Gasteiger charge is -2.12. The minimum atomic E-state index is -4.72. The van der Waals surface area contributed by atoms with Crippen molar-refractivity contribution in [3.05, 3.63) is 56.5 Å². The van der Waals surface area contributed by atoms with Crippen LogP contribution >= 0.6 is 31.9 Å². The molecule has 0 amide bonds. The van der Waals surface area contributed by atoms with Crippen LogP contribution in [0.3, 0.4) is 0 Å². The van der Waals surface area contributed by atoms with Crippen molar-refractivity contribution in [1.82, 2.24) is 4.98 Å². The zero-order valence-corrected chi connectivity index (χ0v) is 13.5. The molecule has 112 valence electrons. The SMILES string of the molecule is Fc1ccc(NCc2ncc(Br)cc2Br)cc1C(F)(F)F. The Morgan fingerprint density at radius 2 is 1.86 bits per heavy atom. The zero-order valence-electron chi connectivity index (χ0n) is 10.3. The van der Waals surface area contributed by atoms with Gasteiger partial charge in [0.05, 0.1) is 17.8 Å². The van der Waals surface area contributed by atoms with E-state index in [2.05, 4.69) is 42.2 Å². The average molecular weight is 428 g/mol. The maximum atomic E-state index is 13.2. The molecule has 0 saturated carbocycles.